The molecule has 4 N–H and O–H groups in total. The number of nitriles is 1. The molecule has 1 aromatic carbocycles. The van der Waals surface area contributed by atoms with E-state index in [-0.39, 0.29) is 29.5 Å². The minimum absolute atomic E-state index is 0.116. The molecule has 14 heteroatoms. The third kappa shape index (κ3) is 5.80. The third-order valence-corrected chi connectivity index (χ3v) is 9.42. The number of anilines is 1. The number of ether oxygens (including phenoxy) is 2. The van der Waals surface area contributed by atoms with Crippen molar-refractivity contribution < 1.29 is 38.1 Å². The molecule has 0 radical (unpaired) electrons. The first-order valence-electron chi connectivity index (χ1n) is 13.4. The summed E-state index contributed by atoms with van der Waals surface area (Å²) in [6.07, 6.45) is -0.317. The van der Waals surface area contributed by atoms with Crippen LogP contribution >= 0.6 is 7.60 Å². The van der Waals surface area contributed by atoms with Gasteiger partial charge in [-0.05, 0) is 49.9 Å². The number of aromatic nitrogens is 3. The number of benzene rings is 1. The SMILES string of the molecule is C[C@H](C[P@](=O)(OC[C@H]1O[C@@](C#N)(c2ccc3c(N)ncnn23)[C@H](O)[C@@H]1O)Oc1ccccc1)C(=O)OC1CCCC1. The van der Waals surface area contributed by atoms with Gasteiger partial charge in [0.15, 0.2) is 5.82 Å². The summed E-state index contributed by atoms with van der Waals surface area (Å²) in [5.41, 5.74) is 4.34. The molecule has 13 nitrogen and oxygen atoms in total. The summed E-state index contributed by atoms with van der Waals surface area (Å²) in [6, 6.07) is 13.3. The van der Waals surface area contributed by atoms with Crippen LogP contribution in [0.15, 0.2) is 48.8 Å². The van der Waals surface area contributed by atoms with E-state index in [0.717, 1.165) is 25.7 Å². The lowest BCUT2D eigenvalue weighted by atomic mass is 9.92. The van der Waals surface area contributed by atoms with Crippen LogP contribution in [0, 0.1) is 17.2 Å². The van der Waals surface area contributed by atoms with Crippen LogP contribution in [0.2, 0.25) is 0 Å². The Hall–Kier alpha value is -3.53. The summed E-state index contributed by atoms with van der Waals surface area (Å²) in [7, 11) is -4.05. The second-order valence-electron chi connectivity index (χ2n) is 10.3. The number of rotatable bonds is 10. The minimum atomic E-state index is -4.05. The lowest BCUT2D eigenvalue weighted by Gasteiger charge is -2.25. The van der Waals surface area contributed by atoms with Gasteiger partial charge in [-0.15, -0.1) is 0 Å². The number of carbonyl (C=O) groups is 1. The van der Waals surface area contributed by atoms with Gasteiger partial charge < -0.3 is 29.9 Å². The van der Waals surface area contributed by atoms with Gasteiger partial charge in [-0.3, -0.25) is 9.32 Å². The molecule has 41 heavy (non-hydrogen) atoms. The van der Waals surface area contributed by atoms with Gasteiger partial charge in [0, 0.05) is 0 Å². The Morgan fingerprint density at radius 1 is 1.27 bits per heavy atom. The summed E-state index contributed by atoms with van der Waals surface area (Å²) in [5, 5.41) is 36.1. The zero-order chi connectivity index (χ0) is 29.2. The van der Waals surface area contributed by atoms with Gasteiger partial charge >= 0.3 is 13.6 Å². The van der Waals surface area contributed by atoms with E-state index >= 15 is 0 Å². The predicted octanol–water partition coefficient (Wildman–Crippen LogP) is 2.56. The van der Waals surface area contributed by atoms with Crippen molar-refractivity contribution in [3.63, 3.8) is 0 Å². The van der Waals surface area contributed by atoms with Gasteiger partial charge in [0.25, 0.3) is 0 Å². The molecular weight excluding hydrogens is 553 g/mol. The second kappa shape index (κ2) is 11.8. The zero-order valence-electron chi connectivity index (χ0n) is 22.4. The molecule has 1 saturated heterocycles. The van der Waals surface area contributed by atoms with E-state index in [0.29, 0.717) is 5.52 Å². The molecule has 6 atom stereocenters. The highest BCUT2D eigenvalue weighted by Gasteiger charge is 2.58. The fourth-order valence-corrected chi connectivity index (χ4v) is 7.06. The highest BCUT2D eigenvalue weighted by Crippen LogP contribution is 2.51. The van der Waals surface area contributed by atoms with Crippen molar-refractivity contribution in [3.8, 4) is 11.8 Å². The quantitative estimate of drug-likeness (QED) is 0.233. The molecular formula is C27H32N5O8P. The van der Waals surface area contributed by atoms with Crippen molar-refractivity contribution in [1.82, 2.24) is 14.6 Å². The molecule has 3 aromatic rings. The predicted molar refractivity (Wildman–Crippen MR) is 145 cm³/mol. The van der Waals surface area contributed by atoms with E-state index in [4.69, 9.17) is 24.3 Å². The highest BCUT2D eigenvalue weighted by molar-refractivity contribution is 7.54. The largest absolute Gasteiger partial charge is 0.462 e. The summed E-state index contributed by atoms with van der Waals surface area (Å²) < 4.78 is 38.3. The molecule has 0 spiro atoms. The van der Waals surface area contributed by atoms with Crippen LogP contribution in [0.3, 0.4) is 0 Å². The molecule has 1 saturated carbocycles. The Morgan fingerprint density at radius 3 is 2.71 bits per heavy atom. The number of aliphatic hydroxyl groups excluding tert-OH is 2. The fourth-order valence-electron chi connectivity index (χ4n) is 5.19. The first-order valence-corrected chi connectivity index (χ1v) is 15.1. The molecule has 1 aliphatic heterocycles. The van der Waals surface area contributed by atoms with Gasteiger partial charge in [0.05, 0.1) is 24.4 Å². The fraction of sp³-hybridized carbons (Fsp3) is 0.481. The number of carbonyl (C=O) groups excluding carboxylic acids is 1. The van der Waals surface area contributed by atoms with E-state index in [2.05, 4.69) is 10.1 Å². The lowest BCUT2D eigenvalue weighted by molar-refractivity contribution is -0.152. The average Bonchev–Trinajstić information content (AvgIpc) is 3.69. The van der Waals surface area contributed by atoms with Crippen LogP contribution in [0.25, 0.3) is 5.52 Å². The highest BCUT2D eigenvalue weighted by atomic mass is 31.2. The molecule has 2 fully saturated rings. The molecule has 2 aromatic heterocycles. The van der Waals surface area contributed by atoms with Crippen molar-refractivity contribution >= 4 is 24.9 Å². The number of hydrogen-bond donors (Lipinski definition) is 3. The van der Waals surface area contributed by atoms with Gasteiger partial charge in [-0.25, -0.2) is 14.1 Å². The number of nitrogen functional groups attached to an aromatic ring is 1. The van der Waals surface area contributed by atoms with Gasteiger partial charge in [-0.1, -0.05) is 25.1 Å². The topological polar surface area (TPSA) is 192 Å². The van der Waals surface area contributed by atoms with Crippen LogP contribution in [-0.2, 0) is 29.0 Å². The standard InChI is InChI=1S/C27H32N5O8P/c1-17(26(35)38-18-7-5-6-8-18)14-41(36,40-19-9-3-2-4-10-19)37-13-21-23(33)24(34)27(15-28,39-21)22-12-11-20-25(29)30-16-31-32(20)22/h2-4,9-12,16-18,21,23-24,33-34H,5-8,13-14H2,1H3,(H2,29,30,31)/t17-,21-,23-,24-,27+,41+/m1/s1. The van der Waals surface area contributed by atoms with E-state index in [1.807, 2.05) is 6.07 Å². The molecule has 1 aliphatic carbocycles. The Bertz CT molecular complexity index is 1470. The summed E-state index contributed by atoms with van der Waals surface area (Å²) >= 11 is 0. The Labute approximate surface area is 236 Å². The zero-order valence-corrected chi connectivity index (χ0v) is 23.3. The average molecular weight is 586 g/mol. The smallest absolute Gasteiger partial charge is 0.380 e. The van der Waals surface area contributed by atoms with Gasteiger partial charge in [0.2, 0.25) is 5.60 Å². The van der Waals surface area contributed by atoms with Crippen LogP contribution in [0.4, 0.5) is 5.82 Å². The number of esters is 1. The Kier molecular flexibility index (Phi) is 8.31. The van der Waals surface area contributed by atoms with E-state index < -0.39 is 50.0 Å². The molecule has 0 amide bonds. The second-order valence-corrected chi connectivity index (χ2v) is 12.4. The number of fused-ring (bicyclic) bond motifs is 1. The first kappa shape index (κ1) is 29.0. The van der Waals surface area contributed by atoms with Crippen molar-refractivity contribution in [1.29, 1.82) is 5.26 Å². The van der Waals surface area contributed by atoms with Gasteiger partial charge in [-0.2, -0.15) is 10.4 Å². The van der Waals surface area contributed by atoms with Crippen LogP contribution in [0.1, 0.15) is 38.3 Å². The monoisotopic (exact) mass is 585 g/mol. The molecule has 218 valence electrons. The van der Waals surface area contributed by atoms with Crippen LogP contribution in [-0.4, -0.2) is 68.0 Å². The van der Waals surface area contributed by atoms with Crippen molar-refractivity contribution in [2.24, 2.45) is 5.92 Å². The Morgan fingerprint density at radius 2 is 2.00 bits per heavy atom. The maximum Gasteiger partial charge on any atom is 0.380 e. The van der Waals surface area contributed by atoms with E-state index in [1.54, 1.807) is 43.3 Å². The molecule has 0 bridgehead atoms. The van der Waals surface area contributed by atoms with Gasteiger partial charge in [0.1, 0.15) is 48.1 Å². The normalized spacial score (nSPS) is 26.8. The molecule has 5 rings (SSSR count). The minimum Gasteiger partial charge on any atom is -0.462 e. The summed E-state index contributed by atoms with van der Waals surface area (Å²) in [6.45, 7) is 1.06. The Balaban J connectivity index is 1.35. The lowest BCUT2D eigenvalue weighted by Crippen LogP contribution is -2.41. The number of nitrogens with zero attached hydrogens (tertiary/aromatic N) is 4. The number of aliphatic hydroxyl groups is 2. The molecule has 2 aliphatic rings. The number of nitrogens with two attached hydrogens (primary N) is 1. The number of para-hydroxylation sites is 1. The first-order chi connectivity index (χ1) is 19.7. The molecule has 0 unspecified atom stereocenters. The van der Waals surface area contributed by atoms with Crippen molar-refractivity contribution in [3.05, 3.63) is 54.5 Å². The molecule has 3 heterocycles. The van der Waals surface area contributed by atoms with E-state index in [9.17, 15) is 24.8 Å². The summed E-state index contributed by atoms with van der Waals surface area (Å²) in [5.74, 6) is -0.925. The maximum atomic E-state index is 14.0. The van der Waals surface area contributed by atoms with Crippen LogP contribution in [0.5, 0.6) is 5.75 Å². The van der Waals surface area contributed by atoms with Crippen molar-refractivity contribution in [2.45, 2.75) is 62.6 Å². The number of hydrogen-bond acceptors (Lipinski definition) is 12. The maximum absolute atomic E-state index is 14.0. The van der Waals surface area contributed by atoms with Crippen LogP contribution < -0.4 is 10.3 Å². The van der Waals surface area contributed by atoms with Crippen molar-refractivity contribution in [2.75, 3.05) is 18.5 Å². The van der Waals surface area contributed by atoms with E-state index in [1.165, 1.54) is 16.9 Å². The third-order valence-electron chi connectivity index (χ3n) is 7.39. The summed E-state index contributed by atoms with van der Waals surface area (Å²) in [4.78, 5) is 16.7.